The molecule has 2 aliphatic rings. The second-order valence-corrected chi connectivity index (χ2v) is 3.66. The van der Waals surface area contributed by atoms with Gasteiger partial charge in [-0.25, -0.2) is 0 Å². The maximum atomic E-state index is 9.38. The summed E-state index contributed by atoms with van der Waals surface area (Å²) in [6.07, 6.45) is 3.07. The molecule has 2 heteroatoms. The van der Waals surface area contributed by atoms with Crippen molar-refractivity contribution in [1.82, 2.24) is 0 Å². The first-order valence-corrected chi connectivity index (χ1v) is 4.60. The van der Waals surface area contributed by atoms with Gasteiger partial charge < -0.3 is 9.84 Å². The Balaban J connectivity index is 1.75. The van der Waals surface area contributed by atoms with Crippen LogP contribution in [0.5, 0.6) is 0 Å². The number of hydrogen-bond donors (Lipinski definition) is 1. The molecule has 2 nitrogen and oxygen atoms in total. The van der Waals surface area contributed by atoms with Crippen molar-refractivity contribution in [2.24, 2.45) is 11.8 Å². The van der Waals surface area contributed by atoms with E-state index in [-0.39, 0.29) is 12.0 Å². The first-order valence-electron chi connectivity index (χ1n) is 4.60. The Labute approximate surface area is 72.9 Å². The van der Waals surface area contributed by atoms with Crippen LogP contribution in [0.3, 0.4) is 0 Å². The molecule has 0 aromatic heterocycles. The fourth-order valence-electron chi connectivity index (χ4n) is 1.34. The van der Waals surface area contributed by atoms with Crippen LogP contribution in [0.1, 0.15) is 19.3 Å². The molecule has 0 amide bonds. The summed E-state index contributed by atoms with van der Waals surface area (Å²) in [5, 5.41) is 9.38. The highest BCUT2D eigenvalue weighted by molar-refractivity contribution is 5.10. The summed E-state index contributed by atoms with van der Waals surface area (Å²) in [7, 11) is 0. The molecule has 1 saturated carbocycles. The standard InChI is InChI=1S/C10H14O2/c11-10-7-12-6-9(10)3-1-2-8-4-5-8/h8-11H,3-7H2/t9-,10-/m1/s1. The average Bonchev–Trinajstić information content (AvgIpc) is 2.78. The summed E-state index contributed by atoms with van der Waals surface area (Å²) >= 11 is 0. The molecule has 1 N–H and O–H groups in total. The number of hydrogen-bond acceptors (Lipinski definition) is 2. The SMILES string of the molecule is O[C@@H]1COC[C@H]1CC#CC1CC1. The molecule has 1 aliphatic carbocycles. The molecule has 1 aliphatic heterocycles. The Morgan fingerprint density at radius 2 is 2.17 bits per heavy atom. The zero-order valence-electron chi connectivity index (χ0n) is 7.12. The molecule has 0 bridgehead atoms. The summed E-state index contributed by atoms with van der Waals surface area (Å²) in [4.78, 5) is 0. The van der Waals surface area contributed by atoms with Crippen molar-refractivity contribution in [3.63, 3.8) is 0 Å². The molecule has 2 rings (SSSR count). The minimum absolute atomic E-state index is 0.260. The van der Waals surface area contributed by atoms with Gasteiger partial charge in [0.1, 0.15) is 0 Å². The maximum absolute atomic E-state index is 9.38. The molecule has 1 saturated heterocycles. The van der Waals surface area contributed by atoms with Crippen molar-refractivity contribution in [2.45, 2.75) is 25.4 Å². The van der Waals surface area contributed by atoms with E-state index < -0.39 is 0 Å². The van der Waals surface area contributed by atoms with Crippen LogP contribution in [0.2, 0.25) is 0 Å². The first-order chi connectivity index (χ1) is 5.86. The lowest BCUT2D eigenvalue weighted by atomic mass is 10.0. The zero-order valence-corrected chi connectivity index (χ0v) is 7.12. The second-order valence-electron chi connectivity index (χ2n) is 3.66. The lowest BCUT2D eigenvalue weighted by molar-refractivity contribution is 0.119. The minimum Gasteiger partial charge on any atom is -0.390 e. The Morgan fingerprint density at radius 3 is 2.75 bits per heavy atom. The third-order valence-electron chi connectivity index (χ3n) is 2.41. The number of aliphatic hydroxyl groups excluding tert-OH is 1. The molecular formula is C10H14O2. The van der Waals surface area contributed by atoms with E-state index >= 15 is 0 Å². The fourth-order valence-corrected chi connectivity index (χ4v) is 1.34. The van der Waals surface area contributed by atoms with E-state index in [0.717, 1.165) is 6.42 Å². The molecule has 0 aromatic carbocycles. The number of rotatable bonds is 1. The van der Waals surface area contributed by atoms with Gasteiger partial charge in [0.25, 0.3) is 0 Å². The molecule has 0 spiro atoms. The van der Waals surface area contributed by atoms with E-state index in [1.54, 1.807) is 0 Å². The molecule has 2 fully saturated rings. The van der Waals surface area contributed by atoms with Gasteiger partial charge >= 0.3 is 0 Å². The van der Waals surface area contributed by atoms with E-state index in [1.165, 1.54) is 12.8 Å². The van der Waals surface area contributed by atoms with E-state index in [0.29, 0.717) is 19.1 Å². The highest BCUT2D eigenvalue weighted by atomic mass is 16.5. The summed E-state index contributed by atoms with van der Waals surface area (Å²) in [5.74, 6) is 7.25. The van der Waals surface area contributed by atoms with E-state index in [1.807, 2.05) is 0 Å². The lowest BCUT2D eigenvalue weighted by Crippen LogP contribution is -2.16. The molecule has 0 radical (unpaired) electrons. The lowest BCUT2D eigenvalue weighted by Gasteiger charge is -2.06. The Kier molecular flexibility index (Phi) is 2.34. The van der Waals surface area contributed by atoms with Crippen LogP contribution in [-0.2, 0) is 4.74 Å². The molecular weight excluding hydrogens is 152 g/mol. The van der Waals surface area contributed by atoms with Crippen LogP contribution in [0.25, 0.3) is 0 Å². The first kappa shape index (κ1) is 8.10. The van der Waals surface area contributed by atoms with Gasteiger partial charge in [-0.1, -0.05) is 5.92 Å². The summed E-state index contributed by atoms with van der Waals surface area (Å²) < 4.78 is 5.12. The van der Waals surface area contributed by atoms with Crippen molar-refractivity contribution < 1.29 is 9.84 Å². The minimum atomic E-state index is -0.279. The quantitative estimate of drug-likeness (QED) is 0.584. The largest absolute Gasteiger partial charge is 0.390 e. The summed E-state index contributed by atoms with van der Waals surface area (Å²) in [6, 6.07) is 0. The van der Waals surface area contributed by atoms with Crippen molar-refractivity contribution in [3.8, 4) is 11.8 Å². The molecule has 1 heterocycles. The Bertz CT molecular complexity index is 210. The summed E-state index contributed by atoms with van der Waals surface area (Å²) in [6.45, 7) is 1.18. The molecule has 66 valence electrons. The monoisotopic (exact) mass is 166 g/mol. The van der Waals surface area contributed by atoms with Gasteiger partial charge in [0.2, 0.25) is 0 Å². The topological polar surface area (TPSA) is 29.5 Å². The van der Waals surface area contributed by atoms with Crippen molar-refractivity contribution >= 4 is 0 Å². The van der Waals surface area contributed by atoms with Gasteiger partial charge in [0.05, 0.1) is 19.3 Å². The smallest absolute Gasteiger partial charge is 0.0832 e. The van der Waals surface area contributed by atoms with Crippen LogP contribution in [0.15, 0.2) is 0 Å². The van der Waals surface area contributed by atoms with Crippen molar-refractivity contribution in [2.75, 3.05) is 13.2 Å². The predicted molar refractivity (Wildman–Crippen MR) is 45.4 cm³/mol. The third kappa shape index (κ3) is 2.00. The van der Waals surface area contributed by atoms with Crippen LogP contribution < -0.4 is 0 Å². The molecule has 0 unspecified atom stereocenters. The van der Waals surface area contributed by atoms with Gasteiger partial charge in [-0.15, -0.1) is 5.92 Å². The third-order valence-corrected chi connectivity index (χ3v) is 2.41. The second kappa shape index (κ2) is 3.47. The van der Waals surface area contributed by atoms with Crippen LogP contribution in [0, 0.1) is 23.7 Å². The average molecular weight is 166 g/mol. The zero-order chi connectivity index (χ0) is 8.39. The Morgan fingerprint density at radius 1 is 1.33 bits per heavy atom. The predicted octanol–water partition coefficient (Wildman–Crippen LogP) is 0.797. The molecule has 2 atom stereocenters. The van der Waals surface area contributed by atoms with E-state index in [4.69, 9.17) is 4.74 Å². The van der Waals surface area contributed by atoms with Gasteiger partial charge in [0.15, 0.2) is 0 Å². The fraction of sp³-hybridized carbons (Fsp3) is 0.800. The van der Waals surface area contributed by atoms with Crippen LogP contribution in [-0.4, -0.2) is 24.4 Å². The van der Waals surface area contributed by atoms with Crippen LogP contribution >= 0.6 is 0 Å². The Hall–Kier alpha value is -0.520. The number of ether oxygens (including phenoxy) is 1. The number of aliphatic hydroxyl groups is 1. The highest BCUT2D eigenvalue weighted by Crippen LogP contribution is 2.27. The van der Waals surface area contributed by atoms with Gasteiger partial charge in [-0.2, -0.15) is 0 Å². The van der Waals surface area contributed by atoms with Crippen LogP contribution in [0.4, 0.5) is 0 Å². The van der Waals surface area contributed by atoms with Crippen molar-refractivity contribution in [1.29, 1.82) is 0 Å². The highest BCUT2D eigenvalue weighted by Gasteiger charge is 2.25. The van der Waals surface area contributed by atoms with E-state index in [2.05, 4.69) is 11.8 Å². The van der Waals surface area contributed by atoms with Gasteiger partial charge in [-0.3, -0.25) is 0 Å². The molecule has 0 aromatic rings. The van der Waals surface area contributed by atoms with Gasteiger partial charge in [-0.05, 0) is 12.8 Å². The van der Waals surface area contributed by atoms with E-state index in [9.17, 15) is 5.11 Å². The van der Waals surface area contributed by atoms with Gasteiger partial charge in [0, 0.05) is 18.3 Å². The molecule has 12 heavy (non-hydrogen) atoms. The van der Waals surface area contributed by atoms with Crippen molar-refractivity contribution in [3.05, 3.63) is 0 Å². The normalized spacial score (nSPS) is 34.4. The summed E-state index contributed by atoms with van der Waals surface area (Å²) in [5.41, 5.74) is 0. The maximum Gasteiger partial charge on any atom is 0.0832 e.